The van der Waals surface area contributed by atoms with E-state index in [2.05, 4.69) is 381 Å². The molecule has 0 atom stereocenters. The second-order valence-electron chi connectivity index (χ2n) is 45.0. The molecule has 0 saturated heterocycles. The van der Waals surface area contributed by atoms with Crippen LogP contribution in [-0.2, 0) is 29.1 Å². The van der Waals surface area contributed by atoms with Gasteiger partial charge < -0.3 is 9.80 Å². The van der Waals surface area contributed by atoms with E-state index in [9.17, 15) is 0 Å². The highest BCUT2D eigenvalue weighted by Crippen LogP contribution is 2.60. The largest absolute Gasteiger partial charge is 0.311 e. The number of fused-ring (bicyclic) bond motifs is 10. The van der Waals surface area contributed by atoms with Crippen LogP contribution in [0, 0.1) is 0 Å². The summed E-state index contributed by atoms with van der Waals surface area (Å²) in [5.74, 6) is 0. The summed E-state index contributed by atoms with van der Waals surface area (Å²) in [7, 11) is 0. The summed E-state index contributed by atoms with van der Waals surface area (Å²) in [6, 6.07) is 119. The average Bonchev–Trinajstić information content (AvgIpc) is 1.57. The molecule has 18 rings (SSSR count). The van der Waals surface area contributed by atoms with Crippen LogP contribution in [-0.4, -0.2) is 8.75 Å². The minimum absolute atomic E-state index is 0.00296. The molecule has 3 aliphatic carbocycles. The molecule has 15 aromatic rings. The topological polar surface area (TPSA) is 32.3 Å². The van der Waals surface area contributed by atoms with Crippen LogP contribution in [0.25, 0.3) is 112 Å². The molecule has 1 aromatic heterocycles. The second-order valence-corrected chi connectivity index (χ2v) is 45.5. The Morgan fingerprint density at radius 1 is 0.193 bits per heavy atom. The molecule has 0 amide bonds. The molecule has 0 saturated carbocycles. The molecule has 4 nitrogen and oxygen atoms in total. The first-order valence-corrected chi connectivity index (χ1v) is 60.8. The van der Waals surface area contributed by atoms with Gasteiger partial charge in [-0.2, -0.15) is 8.75 Å². The van der Waals surface area contributed by atoms with E-state index in [1.54, 1.807) is 16.7 Å². The van der Waals surface area contributed by atoms with Crippen molar-refractivity contribution in [3.8, 4) is 89.0 Å². The normalized spacial score (nSPS) is 13.3. The lowest BCUT2D eigenvalue weighted by molar-refractivity contribution is 0.398. The van der Waals surface area contributed by atoms with E-state index >= 15 is 0 Å². The van der Waals surface area contributed by atoms with Crippen molar-refractivity contribution in [1.29, 1.82) is 0 Å². The van der Waals surface area contributed by atoms with Crippen molar-refractivity contribution in [3.05, 3.63) is 359 Å². The smallest absolute Gasteiger partial charge is 0.113 e. The van der Waals surface area contributed by atoms with Gasteiger partial charge in [0.1, 0.15) is 11.0 Å². The molecule has 0 unspecified atom stereocenters. The van der Waals surface area contributed by atoms with Gasteiger partial charge >= 0.3 is 0 Å². The minimum atomic E-state index is -0.124. The molecule has 0 radical (unpaired) electrons. The van der Waals surface area contributed by atoms with Crippen molar-refractivity contribution in [2.75, 3.05) is 9.80 Å². The predicted molar refractivity (Wildman–Crippen MR) is 653 cm³/mol. The molecule has 5 heteroatoms. The third-order valence-electron chi connectivity index (χ3n) is 34.6. The van der Waals surface area contributed by atoms with Crippen LogP contribution in [0.3, 0.4) is 0 Å². The Morgan fingerprint density at radius 3 is 0.700 bits per heavy atom. The number of aryl methyl sites for hydroxylation is 2. The summed E-state index contributed by atoms with van der Waals surface area (Å²) in [4.78, 5) is 4.89. The van der Waals surface area contributed by atoms with Crippen LogP contribution < -0.4 is 9.80 Å². The molecule has 3 aliphatic rings. The van der Waals surface area contributed by atoms with Gasteiger partial charge in [0.05, 0.1) is 11.7 Å². The Morgan fingerprint density at radius 2 is 0.407 bits per heavy atom. The van der Waals surface area contributed by atoms with Gasteiger partial charge in [-0.15, -0.1) is 0 Å². The zero-order valence-electron chi connectivity index (χ0n) is 92.7. The number of unbranched alkanes of at least 4 members (excludes halogenated alkanes) is 32. The maximum atomic E-state index is 5.28. The van der Waals surface area contributed by atoms with Gasteiger partial charge in [0.25, 0.3) is 0 Å². The van der Waals surface area contributed by atoms with Crippen molar-refractivity contribution in [2.45, 2.75) is 380 Å². The molecule has 1 heterocycles. The van der Waals surface area contributed by atoms with Crippen LogP contribution in [0.5, 0.6) is 0 Å². The number of nitrogens with zero attached hydrogens (tertiary/aromatic N) is 4. The molecule has 14 aromatic carbocycles. The molecule has 0 aliphatic heterocycles. The fourth-order valence-electron chi connectivity index (χ4n) is 26.1. The Balaban J connectivity index is 0.592. The number of anilines is 6. The Kier molecular flexibility index (Phi) is 38.9. The SMILES string of the molecule is CCCCCCCCC1(CCCCCCCC)c2ccccc2-c2ccc(-c3ccc(N(c4ccc(CCCC)cc4)c4ccc(N(c5ccc(CCCC)cc5)c5ccc(-c6ccc(/C=C/c7ccc(-c8ccc9c(c8)C(CCCCCCCC)(CCCCCCCC)c8cc(-c%10ccc(-c%11ccc%12c(c%11)C(CCCCCCCC)(CCCCCCCC)c%11ccccc%11-%12)c%11nsnc%10%11)ccc8-9)cc7)cc6)cc5)cc4)cc3)cc21. The summed E-state index contributed by atoms with van der Waals surface area (Å²) in [6.07, 6.45) is 65.5. The first-order chi connectivity index (χ1) is 74.0. The van der Waals surface area contributed by atoms with Crippen LogP contribution in [0.4, 0.5) is 34.1 Å². The third kappa shape index (κ3) is 25.2. The minimum Gasteiger partial charge on any atom is -0.311 e. The van der Waals surface area contributed by atoms with E-state index in [4.69, 9.17) is 8.75 Å². The maximum Gasteiger partial charge on any atom is 0.113 e. The van der Waals surface area contributed by atoms with Crippen LogP contribution in [0.15, 0.2) is 303 Å². The lowest BCUT2D eigenvalue weighted by Gasteiger charge is -2.33. The molecular weight excluding hydrogens is 1830 g/mol. The molecule has 778 valence electrons. The zero-order chi connectivity index (χ0) is 103. The molecule has 0 N–H and O–H groups in total. The number of rotatable bonds is 61. The van der Waals surface area contributed by atoms with E-state index in [0.29, 0.717) is 0 Å². The molecule has 0 bridgehead atoms. The first-order valence-electron chi connectivity index (χ1n) is 60.1. The number of aromatic nitrogens is 2. The quantitative estimate of drug-likeness (QED) is 0.0281. The van der Waals surface area contributed by atoms with Gasteiger partial charge in [-0.1, -0.05) is 518 Å². The van der Waals surface area contributed by atoms with Crippen molar-refractivity contribution in [2.24, 2.45) is 0 Å². The lowest BCUT2D eigenvalue weighted by atomic mass is 9.70. The first kappa shape index (κ1) is 108. The van der Waals surface area contributed by atoms with Crippen molar-refractivity contribution < 1.29 is 0 Å². The third-order valence-corrected chi connectivity index (χ3v) is 35.1. The van der Waals surface area contributed by atoms with Gasteiger partial charge in [0, 0.05) is 61.5 Å². The lowest BCUT2D eigenvalue weighted by Crippen LogP contribution is -2.25. The summed E-state index contributed by atoms with van der Waals surface area (Å²) in [5, 5.41) is 0. The highest BCUT2D eigenvalue weighted by Gasteiger charge is 2.46. The molecular formula is C145H172N4S. The second kappa shape index (κ2) is 54.0. The summed E-state index contributed by atoms with van der Waals surface area (Å²) < 4.78 is 10.5. The van der Waals surface area contributed by atoms with Gasteiger partial charge in [0.15, 0.2) is 0 Å². The van der Waals surface area contributed by atoms with Gasteiger partial charge in [-0.3, -0.25) is 0 Å². The fourth-order valence-corrected chi connectivity index (χ4v) is 26.6. The molecule has 150 heavy (non-hydrogen) atoms. The molecule has 0 spiro atoms. The van der Waals surface area contributed by atoms with Crippen molar-refractivity contribution in [1.82, 2.24) is 8.75 Å². The van der Waals surface area contributed by atoms with Crippen molar-refractivity contribution >= 4 is 69.0 Å². The Labute approximate surface area is 908 Å². The van der Waals surface area contributed by atoms with Gasteiger partial charge in [0.2, 0.25) is 0 Å². The van der Waals surface area contributed by atoms with Crippen LogP contribution >= 0.6 is 11.7 Å². The standard InChI is InChI=1S/C145H172N4S/c1-9-17-25-31-37-47-99-143(100-48-38-32-26-18-10-2)135-57-45-43-55-129(135)131-93-77-118(105-137(131)143)116-75-87-124(88-76-116)149(122-83-67-110(68-84-122)54-24-16-8)126-91-89-125(90-92-126)148(121-81-65-109(66-82-121)53-23-15-7)123-85-73-114(74-86-123)113-69-61-111(62-70-113)59-60-112-63-71-115(72-64-112)117-78-94-133-134-96-80-120(108-140(134)145(138(133)106-117,103-51-41-35-29-21-13-5)104-52-42-36-30-22-14-6)128-98-97-127(141-142(128)147-150-146-141)119-79-95-132-130-56-44-46-58-136(130)144(139(132)107-119,101-49-39-33-27-19-11-3)102-50-40-34-28-20-12-4/h43-46,55-98,105-108H,9-42,47-54,99-104H2,1-8H3/b60-59+. The zero-order valence-corrected chi connectivity index (χ0v) is 93.5. The van der Waals surface area contributed by atoms with E-state index in [1.807, 2.05) is 0 Å². The van der Waals surface area contributed by atoms with Crippen LogP contribution in [0.1, 0.15) is 406 Å². The monoisotopic (exact) mass is 2000 g/mol. The number of hydrogen-bond acceptors (Lipinski definition) is 5. The highest BCUT2D eigenvalue weighted by molar-refractivity contribution is 7.00. The summed E-state index contributed by atoms with van der Waals surface area (Å²) in [6.45, 7) is 18.6. The van der Waals surface area contributed by atoms with Crippen LogP contribution in [0.2, 0.25) is 0 Å². The fraction of sp³-hybridized carbons (Fsp3) is 0.407. The van der Waals surface area contributed by atoms with E-state index in [1.165, 1.54) is 422 Å². The highest BCUT2D eigenvalue weighted by atomic mass is 32.1. The molecule has 0 fully saturated rings. The van der Waals surface area contributed by atoms with E-state index in [-0.39, 0.29) is 16.2 Å². The number of hydrogen-bond donors (Lipinski definition) is 0. The average molecular weight is 2000 g/mol. The van der Waals surface area contributed by atoms with E-state index in [0.717, 1.165) is 70.8 Å². The van der Waals surface area contributed by atoms with Gasteiger partial charge in [-0.05, 0) is 295 Å². The summed E-state index contributed by atoms with van der Waals surface area (Å²) >= 11 is 1.38. The van der Waals surface area contributed by atoms with Crippen molar-refractivity contribution in [3.63, 3.8) is 0 Å². The maximum absolute atomic E-state index is 5.28. The van der Waals surface area contributed by atoms with Gasteiger partial charge in [-0.25, -0.2) is 0 Å². The number of benzene rings is 14. The predicted octanol–water partition coefficient (Wildman–Crippen LogP) is 45.1. The Bertz CT molecular complexity index is 6740. The summed E-state index contributed by atoms with van der Waals surface area (Å²) in [5.41, 5.74) is 44.2. The Hall–Kier alpha value is -11.8. The van der Waals surface area contributed by atoms with E-state index < -0.39 is 0 Å².